The fourth-order valence-corrected chi connectivity index (χ4v) is 2.69. The lowest BCUT2D eigenvalue weighted by atomic mass is 10.0. The molecule has 2 rings (SSSR count). The van der Waals surface area contributed by atoms with Crippen molar-refractivity contribution in [2.45, 2.75) is 20.3 Å². The average molecular weight is 364 g/mol. The molecule has 0 saturated heterocycles. The number of hydrogen-bond acceptors (Lipinski definition) is 4. The van der Waals surface area contributed by atoms with Crippen molar-refractivity contribution in [2.24, 2.45) is 12.2 Å². The molecule has 0 amide bonds. The summed E-state index contributed by atoms with van der Waals surface area (Å²) < 4.78 is 21.2. The monoisotopic (exact) mass is 363 g/mol. The van der Waals surface area contributed by atoms with Gasteiger partial charge in [-0.1, -0.05) is 24.4 Å². The van der Waals surface area contributed by atoms with Crippen molar-refractivity contribution in [2.75, 3.05) is 14.2 Å². The van der Waals surface area contributed by atoms with Gasteiger partial charge in [0.25, 0.3) is 0 Å². The minimum atomic E-state index is -0.326. The van der Waals surface area contributed by atoms with Crippen LogP contribution in [-0.2, 0) is 23.0 Å². The molecule has 1 aromatic carbocycles. The Morgan fingerprint density at radius 2 is 2.12 bits per heavy atom. The van der Waals surface area contributed by atoms with Crippen molar-refractivity contribution < 1.29 is 14.0 Å². The zero-order valence-corrected chi connectivity index (χ0v) is 15.5. The number of ether oxygens (including phenoxy) is 1. The normalized spacial score (nSPS) is 11.1. The molecule has 1 heterocycles. The third-order valence-electron chi connectivity index (χ3n) is 3.68. The first-order chi connectivity index (χ1) is 11.9. The van der Waals surface area contributed by atoms with Crippen molar-refractivity contribution in [3.8, 4) is 23.1 Å². The smallest absolute Gasteiger partial charge is 0.303 e. The van der Waals surface area contributed by atoms with Gasteiger partial charge in [0.15, 0.2) is 5.82 Å². The van der Waals surface area contributed by atoms with Crippen LogP contribution >= 0.6 is 11.6 Å². The first kappa shape index (κ1) is 18.8. The van der Waals surface area contributed by atoms with Gasteiger partial charge in [-0.2, -0.15) is 5.10 Å². The lowest BCUT2D eigenvalue weighted by Gasteiger charge is -2.06. The van der Waals surface area contributed by atoms with E-state index in [0.717, 1.165) is 5.56 Å². The number of hydrogen-bond donors (Lipinski definition) is 0. The first-order valence-electron chi connectivity index (χ1n) is 7.61. The lowest BCUT2D eigenvalue weighted by molar-refractivity contribution is 0.201. The van der Waals surface area contributed by atoms with E-state index >= 15 is 0 Å². The van der Waals surface area contributed by atoms with Crippen molar-refractivity contribution >= 4 is 17.5 Å². The summed E-state index contributed by atoms with van der Waals surface area (Å²) in [6.45, 7) is 3.74. The molecule has 0 aliphatic heterocycles. The van der Waals surface area contributed by atoms with Crippen LogP contribution in [0.15, 0.2) is 17.3 Å². The van der Waals surface area contributed by atoms with Gasteiger partial charge in [0.2, 0.25) is 0 Å². The Balaban J connectivity index is 2.56. The summed E-state index contributed by atoms with van der Waals surface area (Å²) in [6, 6.07) is 3.45. The van der Waals surface area contributed by atoms with Crippen molar-refractivity contribution in [1.29, 1.82) is 0 Å². The van der Waals surface area contributed by atoms with Gasteiger partial charge in [0.05, 0.1) is 17.8 Å². The second-order valence-corrected chi connectivity index (χ2v) is 5.67. The molecule has 5 nitrogen and oxygen atoms in total. The van der Waals surface area contributed by atoms with E-state index in [1.54, 1.807) is 23.9 Å². The van der Waals surface area contributed by atoms with Gasteiger partial charge in [0.1, 0.15) is 12.8 Å². The molecule has 0 aliphatic carbocycles. The molecule has 0 spiro atoms. The average Bonchev–Trinajstić information content (AvgIpc) is 2.86. The fourth-order valence-electron chi connectivity index (χ4n) is 2.43. The third kappa shape index (κ3) is 3.94. The highest BCUT2D eigenvalue weighted by atomic mass is 35.5. The Labute approximate surface area is 151 Å². The van der Waals surface area contributed by atoms with Crippen molar-refractivity contribution in [3.63, 3.8) is 0 Å². The van der Waals surface area contributed by atoms with Gasteiger partial charge >= 0.3 is 5.90 Å². The number of aromatic nitrogens is 2. The maximum atomic E-state index is 14.7. The topological polar surface area (TPSA) is 48.6 Å². The zero-order chi connectivity index (χ0) is 18.6. The Hall–Kier alpha value is -2.52. The molecular weight excluding hydrogens is 345 g/mol. The fraction of sp³-hybridized carbons (Fsp3) is 0.333. The largest absolute Gasteiger partial charge is 0.473 e. The van der Waals surface area contributed by atoms with E-state index in [9.17, 15) is 4.39 Å². The van der Waals surface area contributed by atoms with Gasteiger partial charge in [-0.05, 0) is 36.2 Å². The first-order valence-corrected chi connectivity index (χ1v) is 7.99. The van der Waals surface area contributed by atoms with Crippen LogP contribution in [0.2, 0.25) is 5.02 Å². The highest BCUT2D eigenvalue weighted by Crippen LogP contribution is 2.31. The number of oxime groups is 1. The third-order valence-corrected chi connectivity index (χ3v) is 3.99. The lowest BCUT2D eigenvalue weighted by Crippen LogP contribution is -1.98. The molecular formula is C18H19ClFN3O2. The van der Waals surface area contributed by atoms with Crippen LogP contribution < -0.4 is 0 Å². The SMILES string of the molecule is CCc1c(F)c(-c2cc(C#C/C(=N/OC)OC)c(Cl)cc2C)nn1C. The Bertz CT molecular complexity index is 879. The van der Waals surface area contributed by atoms with E-state index in [1.807, 2.05) is 13.8 Å². The van der Waals surface area contributed by atoms with E-state index in [0.29, 0.717) is 28.3 Å². The van der Waals surface area contributed by atoms with Gasteiger partial charge in [-0.25, -0.2) is 4.39 Å². The summed E-state index contributed by atoms with van der Waals surface area (Å²) in [5.41, 5.74) is 2.81. The van der Waals surface area contributed by atoms with Gasteiger partial charge in [-0.3, -0.25) is 4.68 Å². The second-order valence-electron chi connectivity index (χ2n) is 5.27. The van der Waals surface area contributed by atoms with Crippen LogP contribution in [0, 0.1) is 24.6 Å². The van der Waals surface area contributed by atoms with Gasteiger partial charge < -0.3 is 9.57 Å². The molecule has 0 saturated carbocycles. The van der Waals surface area contributed by atoms with Crippen LogP contribution in [0.25, 0.3) is 11.3 Å². The van der Waals surface area contributed by atoms with Crippen molar-refractivity contribution in [3.05, 3.63) is 39.8 Å². The van der Waals surface area contributed by atoms with E-state index in [2.05, 4.69) is 26.9 Å². The standard InChI is InChI=1S/C18H19ClFN3O2/c1-6-15-17(20)18(21-23(15)3)13-10-12(14(19)9-11(13)2)7-8-16(24-4)22-25-5/h9-10H,6H2,1-5H3/b22-16-. The number of halogens is 2. The van der Waals surface area contributed by atoms with Gasteiger partial charge in [-0.15, -0.1) is 0 Å². The molecule has 0 unspecified atom stereocenters. The molecule has 1 aromatic heterocycles. The molecule has 7 heteroatoms. The van der Waals surface area contributed by atoms with E-state index in [1.165, 1.54) is 14.2 Å². The Morgan fingerprint density at radius 1 is 1.40 bits per heavy atom. The summed E-state index contributed by atoms with van der Waals surface area (Å²) in [7, 11) is 4.56. The minimum absolute atomic E-state index is 0.109. The van der Waals surface area contributed by atoms with Crippen molar-refractivity contribution in [1.82, 2.24) is 9.78 Å². The number of methoxy groups -OCH3 is 1. The summed E-state index contributed by atoms with van der Waals surface area (Å²) in [5.74, 6) is 5.37. The zero-order valence-electron chi connectivity index (χ0n) is 14.8. The molecule has 0 bridgehead atoms. The number of aryl methyl sites for hydroxylation is 2. The van der Waals surface area contributed by atoms with E-state index in [4.69, 9.17) is 16.3 Å². The van der Waals surface area contributed by atoms with E-state index in [-0.39, 0.29) is 17.4 Å². The number of rotatable bonds is 3. The van der Waals surface area contributed by atoms with Gasteiger partial charge in [0, 0.05) is 24.1 Å². The van der Waals surface area contributed by atoms with Crippen LogP contribution in [0.1, 0.15) is 23.7 Å². The number of nitrogens with zero attached hydrogens (tertiary/aromatic N) is 3. The quantitative estimate of drug-likeness (QED) is 0.361. The summed E-state index contributed by atoms with van der Waals surface area (Å²) in [6.07, 6.45) is 0.555. The van der Waals surface area contributed by atoms with E-state index < -0.39 is 0 Å². The minimum Gasteiger partial charge on any atom is -0.473 e. The molecule has 132 valence electrons. The van der Waals surface area contributed by atoms with Crippen LogP contribution in [-0.4, -0.2) is 29.9 Å². The predicted molar refractivity (Wildman–Crippen MR) is 96.1 cm³/mol. The summed E-state index contributed by atoms with van der Waals surface area (Å²) in [5, 5.41) is 8.39. The maximum absolute atomic E-state index is 14.7. The highest BCUT2D eigenvalue weighted by Gasteiger charge is 2.19. The highest BCUT2D eigenvalue weighted by molar-refractivity contribution is 6.32. The Morgan fingerprint density at radius 3 is 2.68 bits per heavy atom. The second kappa shape index (κ2) is 8.04. The molecule has 0 fully saturated rings. The molecule has 0 N–H and O–H groups in total. The molecule has 0 aliphatic rings. The predicted octanol–water partition coefficient (Wildman–Crippen LogP) is 3.71. The molecule has 2 aromatic rings. The summed E-state index contributed by atoms with van der Waals surface area (Å²) in [4.78, 5) is 4.63. The van der Waals surface area contributed by atoms with Crippen LogP contribution in [0.5, 0.6) is 0 Å². The van der Waals surface area contributed by atoms with Crippen LogP contribution in [0.4, 0.5) is 4.39 Å². The maximum Gasteiger partial charge on any atom is 0.303 e. The van der Waals surface area contributed by atoms with Crippen LogP contribution in [0.3, 0.4) is 0 Å². The molecule has 25 heavy (non-hydrogen) atoms. The number of benzene rings is 1. The Kier molecular flexibility index (Phi) is 6.05. The summed E-state index contributed by atoms with van der Waals surface area (Å²) >= 11 is 6.26. The molecule has 0 atom stereocenters. The molecule has 0 radical (unpaired) electrons.